The molecule has 22 heavy (non-hydrogen) atoms. The monoisotopic (exact) mass is 291 g/mol. The van der Waals surface area contributed by atoms with Gasteiger partial charge in [0.05, 0.1) is 11.2 Å². The molecule has 0 saturated carbocycles. The SMILES string of the molecule is CC(=O)c1ccc2c(C)c3n(c2c1)COc1c(C)cccc1-3. The first-order chi connectivity index (χ1) is 10.6. The number of benzene rings is 2. The van der Waals surface area contributed by atoms with Crippen molar-refractivity contribution < 1.29 is 9.53 Å². The lowest BCUT2D eigenvalue weighted by Gasteiger charge is -2.23. The lowest BCUT2D eigenvalue weighted by Crippen LogP contribution is -2.13. The minimum Gasteiger partial charge on any atom is -0.472 e. The Bertz CT molecular complexity index is 934. The summed E-state index contributed by atoms with van der Waals surface area (Å²) in [5.74, 6) is 1.05. The standard InChI is InChI=1S/C19H17NO2/c1-11-5-4-6-16-18-12(2)15-8-7-14(13(3)21)9-17(15)20(18)10-22-19(11)16/h4-9H,10H2,1-3H3. The van der Waals surface area contributed by atoms with Crippen LogP contribution in [0.1, 0.15) is 28.4 Å². The van der Waals surface area contributed by atoms with Crippen molar-refractivity contribution in [2.45, 2.75) is 27.5 Å². The fourth-order valence-corrected chi connectivity index (χ4v) is 3.38. The molecule has 1 aliphatic heterocycles. The van der Waals surface area contributed by atoms with Gasteiger partial charge in [-0.15, -0.1) is 0 Å². The number of aryl methyl sites for hydroxylation is 2. The van der Waals surface area contributed by atoms with Gasteiger partial charge in [-0.1, -0.05) is 24.3 Å². The predicted molar refractivity (Wildman–Crippen MR) is 87.5 cm³/mol. The van der Waals surface area contributed by atoms with Crippen molar-refractivity contribution in [2.24, 2.45) is 0 Å². The third-order valence-electron chi connectivity index (χ3n) is 4.53. The molecule has 3 aromatic rings. The van der Waals surface area contributed by atoms with E-state index in [0.29, 0.717) is 6.73 Å². The van der Waals surface area contributed by atoms with Crippen LogP contribution in [-0.4, -0.2) is 10.4 Å². The summed E-state index contributed by atoms with van der Waals surface area (Å²) in [5, 5.41) is 1.18. The van der Waals surface area contributed by atoms with Gasteiger partial charge in [0, 0.05) is 16.5 Å². The zero-order chi connectivity index (χ0) is 15.4. The highest BCUT2D eigenvalue weighted by atomic mass is 16.5. The Morgan fingerprint density at radius 3 is 2.77 bits per heavy atom. The molecule has 1 aromatic heterocycles. The number of fused-ring (bicyclic) bond motifs is 5. The first kappa shape index (κ1) is 13.1. The highest BCUT2D eigenvalue weighted by Gasteiger charge is 2.24. The fourth-order valence-electron chi connectivity index (χ4n) is 3.38. The maximum absolute atomic E-state index is 11.7. The molecule has 2 aromatic carbocycles. The third-order valence-corrected chi connectivity index (χ3v) is 4.53. The van der Waals surface area contributed by atoms with Crippen molar-refractivity contribution in [3.8, 4) is 17.0 Å². The van der Waals surface area contributed by atoms with Crippen LogP contribution in [0.4, 0.5) is 0 Å². The second-order valence-corrected chi connectivity index (χ2v) is 5.91. The normalized spacial score (nSPS) is 12.7. The maximum atomic E-state index is 11.7. The van der Waals surface area contributed by atoms with Gasteiger partial charge in [-0.3, -0.25) is 4.79 Å². The second-order valence-electron chi connectivity index (χ2n) is 5.91. The van der Waals surface area contributed by atoms with E-state index in [4.69, 9.17) is 4.74 Å². The number of aromatic nitrogens is 1. The van der Waals surface area contributed by atoms with Crippen LogP contribution < -0.4 is 4.74 Å². The van der Waals surface area contributed by atoms with E-state index < -0.39 is 0 Å². The lowest BCUT2D eigenvalue weighted by atomic mass is 10.0. The topological polar surface area (TPSA) is 31.2 Å². The molecule has 0 aliphatic carbocycles. The number of rotatable bonds is 1. The van der Waals surface area contributed by atoms with E-state index >= 15 is 0 Å². The molecular formula is C19H17NO2. The van der Waals surface area contributed by atoms with Crippen molar-refractivity contribution in [1.29, 1.82) is 0 Å². The molecule has 0 radical (unpaired) electrons. The number of para-hydroxylation sites is 1. The smallest absolute Gasteiger partial charge is 0.165 e. The Hall–Kier alpha value is -2.55. The molecule has 4 rings (SSSR count). The van der Waals surface area contributed by atoms with Crippen molar-refractivity contribution >= 4 is 16.7 Å². The molecule has 0 saturated heterocycles. The molecule has 110 valence electrons. The summed E-state index contributed by atoms with van der Waals surface area (Å²) >= 11 is 0. The van der Waals surface area contributed by atoms with Crippen LogP contribution in [0, 0.1) is 13.8 Å². The number of hydrogen-bond acceptors (Lipinski definition) is 2. The number of carbonyl (C=O) groups is 1. The van der Waals surface area contributed by atoms with E-state index in [1.54, 1.807) is 6.92 Å². The third kappa shape index (κ3) is 1.65. The molecule has 3 nitrogen and oxygen atoms in total. The quantitative estimate of drug-likeness (QED) is 0.619. The molecule has 0 fully saturated rings. The van der Waals surface area contributed by atoms with Crippen molar-refractivity contribution in [2.75, 3.05) is 0 Å². The van der Waals surface area contributed by atoms with Gasteiger partial charge in [0.25, 0.3) is 0 Å². The van der Waals surface area contributed by atoms with E-state index in [0.717, 1.165) is 28.0 Å². The summed E-state index contributed by atoms with van der Waals surface area (Å²) < 4.78 is 8.15. The summed E-state index contributed by atoms with van der Waals surface area (Å²) in [6.45, 7) is 6.29. The van der Waals surface area contributed by atoms with Crippen LogP contribution >= 0.6 is 0 Å². The first-order valence-electron chi connectivity index (χ1n) is 7.44. The van der Waals surface area contributed by atoms with Crippen LogP contribution in [0.2, 0.25) is 0 Å². The molecule has 0 N–H and O–H groups in total. The summed E-state index contributed by atoms with van der Waals surface area (Å²) in [6, 6.07) is 12.2. The van der Waals surface area contributed by atoms with Gasteiger partial charge in [-0.05, 0) is 44.0 Å². The second kappa shape index (κ2) is 4.47. The van der Waals surface area contributed by atoms with E-state index in [1.165, 1.54) is 16.6 Å². The van der Waals surface area contributed by atoms with Gasteiger partial charge in [-0.2, -0.15) is 0 Å². The molecule has 0 amide bonds. The van der Waals surface area contributed by atoms with Gasteiger partial charge in [0.15, 0.2) is 12.5 Å². The van der Waals surface area contributed by atoms with Gasteiger partial charge < -0.3 is 9.30 Å². The molecule has 0 bridgehead atoms. The van der Waals surface area contributed by atoms with Crippen LogP contribution in [-0.2, 0) is 6.73 Å². The van der Waals surface area contributed by atoms with Crippen LogP contribution in [0.15, 0.2) is 36.4 Å². The highest BCUT2D eigenvalue weighted by Crippen LogP contribution is 2.42. The number of carbonyl (C=O) groups excluding carboxylic acids is 1. The predicted octanol–water partition coefficient (Wildman–Crippen LogP) is 4.48. The van der Waals surface area contributed by atoms with Crippen LogP contribution in [0.5, 0.6) is 5.75 Å². The number of Topliss-reactive ketones (excluding diaryl/α,β-unsaturated/α-hetero) is 1. The Kier molecular flexibility index (Phi) is 2.67. The first-order valence-corrected chi connectivity index (χ1v) is 7.44. The van der Waals surface area contributed by atoms with Gasteiger partial charge >= 0.3 is 0 Å². The van der Waals surface area contributed by atoms with Crippen molar-refractivity contribution in [3.05, 3.63) is 53.1 Å². The van der Waals surface area contributed by atoms with E-state index in [1.807, 2.05) is 18.2 Å². The Balaban J connectivity index is 2.08. The summed E-state index contributed by atoms with van der Waals surface area (Å²) in [4.78, 5) is 11.7. The molecule has 0 unspecified atom stereocenters. The van der Waals surface area contributed by atoms with Gasteiger partial charge in [-0.25, -0.2) is 0 Å². The summed E-state index contributed by atoms with van der Waals surface area (Å²) in [7, 11) is 0. The van der Waals surface area contributed by atoms with E-state index in [9.17, 15) is 4.79 Å². The maximum Gasteiger partial charge on any atom is 0.165 e. The van der Waals surface area contributed by atoms with Crippen LogP contribution in [0.3, 0.4) is 0 Å². The molecule has 0 atom stereocenters. The zero-order valence-corrected chi connectivity index (χ0v) is 12.9. The minimum atomic E-state index is 0.0862. The van der Waals surface area contributed by atoms with Gasteiger partial charge in [0.2, 0.25) is 0 Å². The number of ketones is 1. The summed E-state index contributed by atoms with van der Waals surface area (Å²) in [5.41, 5.74) is 6.51. The van der Waals surface area contributed by atoms with E-state index in [-0.39, 0.29) is 5.78 Å². The Morgan fingerprint density at radius 2 is 2.00 bits per heavy atom. The minimum absolute atomic E-state index is 0.0862. The number of hydrogen-bond donors (Lipinski definition) is 0. The average molecular weight is 291 g/mol. The lowest BCUT2D eigenvalue weighted by molar-refractivity contribution is 0.101. The molecule has 1 aliphatic rings. The Morgan fingerprint density at radius 1 is 1.18 bits per heavy atom. The Labute approximate surface area is 129 Å². The molecule has 0 spiro atoms. The summed E-state index contributed by atoms with van der Waals surface area (Å²) in [6.07, 6.45) is 0. The molecule has 3 heteroatoms. The largest absolute Gasteiger partial charge is 0.472 e. The zero-order valence-electron chi connectivity index (χ0n) is 12.9. The van der Waals surface area contributed by atoms with Crippen molar-refractivity contribution in [3.63, 3.8) is 0 Å². The number of nitrogens with zero attached hydrogens (tertiary/aromatic N) is 1. The fraction of sp³-hybridized carbons (Fsp3) is 0.211. The molecule has 2 heterocycles. The van der Waals surface area contributed by atoms with Crippen LogP contribution in [0.25, 0.3) is 22.2 Å². The highest BCUT2D eigenvalue weighted by molar-refractivity contribution is 6.00. The average Bonchev–Trinajstić information content (AvgIpc) is 2.80. The van der Waals surface area contributed by atoms with Crippen molar-refractivity contribution in [1.82, 2.24) is 4.57 Å². The molecular weight excluding hydrogens is 274 g/mol. The van der Waals surface area contributed by atoms with E-state index in [2.05, 4.69) is 36.6 Å². The number of ether oxygens (including phenoxy) is 1. The van der Waals surface area contributed by atoms with Gasteiger partial charge in [0.1, 0.15) is 5.75 Å².